The van der Waals surface area contributed by atoms with Crippen LogP contribution >= 0.6 is 0 Å². The van der Waals surface area contributed by atoms with E-state index in [9.17, 15) is 14.4 Å². The number of anilines is 1. The number of nitrogens with zero attached hydrogens (tertiary/aromatic N) is 2. The van der Waals surface area contributed by atoms with Gasteiger partial charge in [-0.2, -0.15) is 0 Å². The molecule has 2 aliphatic rings. The fraction of sp³-hybridized carbons (Fsp3) is 0.464. The van der Waals surface area contributed by atoms with Crippen LogP contribution in [-0.2, 0) is 9.53 Å². The number of fused-ring (bicyclic) bond motifs is 1. The van der Waals surface area contributed by atoms with E-state index in [2.05, 4.69) is 5.32 Å². The van der Waals surface area contributed by atoms with Crippen LogP contribution in [0.4, 0.5) is 5.69 Å². The second-order valence-corrected chi connectivity index (χ2v) is 9.90. The molecule has 1 aliphatic heterocycles. The molecule has 192 valence electrons. The second-order valence-electron chi connectivity index (χ2n) is 9.90. The first-order valence-electron chi connectivity index (χ1n) is 12.5. The van der Waals surface area contributed by atoms with Gasteiger partial charge in [0.2, 0.25) is 5.91 Å². The van der Waals surface area contributed by atoms with Gasteiger partial charge in [-0.05, 0) is 50.1 Å². The predicted octanol–water partition coefficient (Wildman–Crippen LogP) is 3.68. The lowest BCUT2D eigenvalue weighted by atomic mass is 10.0. The molecular weight excluding hydrogens is 458 g/mol. The Hall–Kier alpha value is -3.39. The third-order valence-corrected chi connectivity index (χ3v) is 6.94. The number of benzene rings is 2. The van der Waals surface area contributed by atoms with E-state index in [1.54, 1.807) is 37.3 Å². The van der Waals surface area contributed by atoms with Crippen molar-refractivity contribution in [2.45, 2.75) is 38.8 Å². The number of hydrogen-bond donors (Lipinski definition) is 1. The van der Waals surface area contributed by atoms with Crippen LogP contribution in [0.15, 0.2) is 48.5 Å². The Bertz CT molecular complexity index is 1100. The van der Waals surface area contributed by atoms with Crippen LogP contribution in [0.25, 0.3) is 0 Å². The summed E-state index contributed by atoms with van der Waals surface area (Å²) in [4.78, 5) is 42.6. The van der Waals surface area contributed by atoms with Crippen molar-refractivity contribution in [2.75, 3.05) is 39.2 Å². The van der Waals surface area contributed by atoms with Gasteiger partial charge in [0.1, 0.15) is 12.4 Å². The van der Waals surface area contributed by atoms with Gasteiger partial charge in [-0.1, -0.05) is 25.1 Å². The van der Waals surface area contributed by atoms with Crippen LogP contribution in [-0.4, -0.2) is 73.5 Å². The van der Waals surface area contributed by atoms with E-state index in [4.69, 9.17) is 9.47 Å². The molecule has 0 radical (unpaired) electrons. The van der Waals surface area contributed by atoms with Gasteiger partial charge in [0.25, 0.3) is 11.8 Å². The molecule has 8 nitrogen and oxygen atoms in total. The fourth-order valence-corrected chi connectivity index (χ4v) is 4.47. The Morgan fingerprint density at radius 1 is 1.06 bits per heavy atom. The molecule has 1 fully saturated rings. The van der Waals surface area contributed by atoms with Crippen LogP contribution in [0.5, 0.6) is 5.75 Å². The summed E-state index contributed by atoms with van der Waals surface area (Å²) in [7, 11) is 3.35. The predicted molar refractivity (Wildman–Crippen MR) is 137 cm³/mol. The maximum absolute atomic E-state index is 13.5. The van der Waals surface area contributed by atoms with E-state index >= 15 is 0 Å². The summed E-state index contributed by atoms with van der Waals surface area (Å²) in [5, 5.41) is 2.91. The maximum atomic E-state index is 13.5. The van der Waals surface area contributed by atoms with Gasteiger partial charge in [-0.15, -0.1) is 0 Å². The lowest BCUT2D eigenvalue weighted by Gasteiger charge is -2.36. The molecule has 1 saturated carbocycles. The number of carbonyl (C=O) groups excluding carboxylic acids is 3. The van der Waals surface area contributed by atoms with Crippen LogP contribution < -0.4 is 10.1 Å². The minimum Gasteiger partial charge on any atom is -0.491 e. The van der Waals surface area contributed by atoms with Crippen LogP contribution in [0, 0.1) is 11.8 Å². The van der Waals surface area contributed by atoms with Crippen molar-refractivity contribution in [3.8, 4) is 5.75 Å². The van der Waals surface area contributed by atoms with Crippen LogP contribution in [0.1, 0.15) is 47.4 Å². The third-order valence-electron chi connectivity index (χ3n) is 6.94. The molecule has 1 aliphatic carbocycles. The number of likely N-dealkylation sites (N-methyl/N-ethyl adjacent to an activating group) is 1. The lowest BCUT2D eigenvalue weighted by Crippen LogP contribution is -2.48. The fourth-order valence-electron chi connectivity index (χ4n) is 4.47. The SMILES string of the molecule is CO[C@@H]1CN(C)C(=O)c2cc(NC(=O)C3CC3)ccc2OC[C@@H](C)N(C(=O)c2ccccc2)C[C@H]1C. The quantitative estimate of drug-likeness (QED) is 0.702. The summed E-state index contributed by atoms with van der Waals surface area (Å²) in [5.41, 5.74) is 1.54. The van der Waals surface area contributed by atoms with Gasteiger partial charge >= 0.3 is 0 Å². The first-order chi connectivity index (χ1) is 17.3. The molecule has 2 aromatic rings. The van der Waals surface area contributed by atoms with Crippen molar-refractivity contribution >= 4 is 23.4 Å². The summed E-state index contributed by atoms with van der Waals surface area (Å²) in [6.07, 6.45) is 1.52. The molecule has 0 aromatic heterocycles. The Morgan fingerprint density at radius 2 is 1.78 bits per heavy atom. The summed E-state index contributed by atoms with van der Waals surface area (Å²) in [5.74, 6) is 0.113. The number of nitrogens with one attached hydrogen (secondary N) is 1. The minimum absolute atomic E-state index is 0.0261. The van der Waals surface area contributed by atoms with E-state index in [0.29, 0.717) is 35.7 Å². The number of ether oxygens (including phenoxy) is 2. The molecule has 4 rings (SSSR count). The molecule has 3 amide bonds. The summed E-state index contributed by atoms with van der Waals surface area (Å²) in [6.45, 7) is 4.98. The van der Waals surface area contributed by atoms with E-state index in [1.807, 2.05) is 49.1 Å². The van der Waals surface area contributed by atoms with E-state index in [0.717, 1.165) is 12.8 Å². The molecular formula is C28H35N3O5. The summed E-state index contributed by atoms with van der Waals surface area (Å²) >= 11 is 0. The molecule has 36 heavy (non-hydrogen) atoms. The molecule has 0 spiro atoms. The average Bonchev–Trinajstić information content (AvgIpc) is 3.74. The first kappa shape index (κ1) is 25.7. The number of methoxy groups -OCH3 is 1. The third kappa shape index (κ3) is 5.87. The van der Waals surface area contributed by atoms with E-state index < -0.39 is 0 Å². The highest BCUT2D eigenvalue weighted by molar-refractivity contribution is 6.00. The standard InChI is InChI=1S/C28H35N3O5/c1-18-15-31(27(33)21-8-6-5-7-9-21)19(2)17-36-24-13-12-22(29-26(32)20-10-11-20)14-23(24)28(34)30(3)16-25(18)35-4/h5-9,12-14,18-20,25H,10-11,15-17H2,1-4H3,(H,29,32)/t18-,19-,25-/m1/s1. The molecule has 0 bridgehead atoms. The van der Waals surface area contributed by atoms with Crippen molar-refractivity contribution in [3.63, 3.8) is 0 Å². The zero-order valence-corrected chi connectivity index (χ0v) is 21.4. The number of amides is 3. The van der Waals surface area contributed by atoms with Crippen molar-refractivity contribution in [1.82, 2.24) is 9.80 Å². The van der Waals surface area contributed by atoms with Gasteiger partial charge in [0, 0.05) is 50.3 Å². The Balaban J connectivity index is 1.65. The molecule has 1 N–H and O–H groups in total. The molecule has 0 unspecified atom stereocenters. The maximum Gasteiger partial charge on any atom is 0.257 e. The van der Waals surface area contributed by atoms with E-state index in [-0.39, 0.29) is 48.3 Å². The summed E-state index contributed by atoms with van der Waals surface area (Å²) in [6, 6.07) is 14.1. The average molecular weight is 494 g/mol. The Labute approximate surface area is 212 Å². The van der Waals surface area contributed by atoms with E-state index in [1.165, 1.54) is 0 Å². The Morgan fingerprint density at radius 3 is 2.44 bits per heavy atom. The van der Waals surface area contributed by atoms with Crippen molar-refractivity contribution in [3.05, 3.63) is 59.7 Å². The van der Waals surface area contributed by atoms with Crippen LogP contribution in [0.3, 0.4) is 0 Å². The largest absolute Gasteiger partial charge is 0.491 e. The second kappa shape index (κ2) is 11.1. The number of rotatable bonds is 4. The van der Waals surface area contributed by atoms with Gasteiger partial charge in [0.05, 0.1) is 17.7 Å². The lowest BCUT2D eigenvalue weighted by molar-refractivity contribution is -0.117. The topological polar surface area (TPSA) is 88.2 Å². The highest BCUT2D eigenvalue weighted by Crippen LogP contribution is 2.31. The van der Waals surface area contributed by atoms with Gasteiger partial charge < -0.3 is 24.6 Å². The molecule has 0 saturated heterocycles. The highest BCUT2D eigenvalue weighted by atomic mass is 16.5. The zero-order chi connectivity index (χ0) is 25.8. The molecule has 1 heterocycles. The number of hydrogen-bond acceptors (Lipinski definition) is 5. The smallest absolute Gasteiger partial charge is 0.257 e. The normalized spacial score (nSPS) is 23.1. The molecule has 2 aromatic carbocycles. The molecule has 3 atom stereocenters. The van der Waals surface area contributed by atoms with Crippen molar-refractivity contribution < 1.29 is 23.9 Å². The van der Waals surface area contributed by atoms with Crippen molar-refractivity contribution in [2.24, 2.45) is 11.8 Å². The summed E-state index contributed by atoms with van der Waals surface area (Å²) < 4.78 is 11.9. The monoisotopic (exact) mass is 493 g/mol. The van der Waals surface area contributed by atoms with Crippen molar-refractivity contribution in [1.29, 1.82) is 0 Å². The zero-order valence-electron chi connectivity index (χ0n) is 21.4. The highest BCUT2D eigenvalue weighted by Gasteiger charge is 2.32. The van der Waals surface area contributed by atoms with Gasteiger partial charge in [-0.3, -0.25) is 14.4 Å². The van der Waals surface area contributed by atoms with Gasteiger partial charge in [-0.25, -0.2) is 0 Å². The first-order valence-corrected chi connectivity index (χ1v) is 12.5. The minimum atomic E-state index is -0.279. The Kier molecular flexibility index (Phi) is 7.94. The number of carbonyl (C=O) groups is 3. The molecule has 8 heteroatoms. The van der Waals surface area contributed by atoms with Crippen LogP contribution in [0.2, 0.25) is 0 Å². The van der Waals surface area contributed by atoms with Gasteiger partial charge in [0.15, 0.2) is 0 Å².